The van der Waals surface area contributed by atoms with Crippen molar-refractivity contribution in [1.29, 1.82) is 0 Å². The Morgan fingerprint density at radius 1 is 1.15 bits per heavy atom. The lowest BCUT2D eigenvalue weighted by Crippen LogP contribution is -2.17. The van der Waals surface area contributed by atoms with Gasteiger partial charge in [-0.2, -0.15) is 0 Å². The average molecular weight is 356 g/mol. The fourth-order valence-corrected chi connectivity index (χ4v) is 3.19. The molecule has 2 N–H and O–H groups in total. The van der Waals surface area contributed by atoms with Gasteiger partial charge in [0.25, 0.3) is 0 Å². The first-order valence-electron chi connectivity index (χ1n) is 6.57. The monoisotopic (exact) mass is 355 g/mol. The summed E-state index contributed by atoms with van der Waals surface area (Å²) >= 11 is 5.10. The molecule has 0 amide bonds. The van der Waals surface area contributed by atoms with Crippen LogP contribution >= 0.6 is 27.3 Å². The van der Waals surface area contributed by atoms with Gasteiger partial charge < -0.3 is 15.2 Å². The summed E-state index contributed by atoms with van der Waals surface area (Å²) in [4.78, 5) is 1.12. The number of thiophene rings is 1. The summed E-state index contributed by atoms with van der Waals surface area (Å²) in [7, 11) is 0. The zero-order chi connectivity index (χ0) is 14.4. The molecule has 0 aliphatic carbocycles. The van der Waals surface area contributed by atoms with E-state index in [1.807, 2.05) is 36.4 Å². The second kappa shape index (κ2) is 7.67. The van der Waals surface area contributed by atoms with E-state index in [0.29, 0.717) is 6.54 Å². The highest BCUT2D eigenvalue weighted by atomic mass is 79.9. The van der Waals surface area contributed by atoms with Crippen LogP contribution in [-0.4, -0.2) is 13.2 Å². The van der Waals surface area contributed by atoms with Gasteiger partial charge in [0.15, 0.2) is 0 Å². The molecule has 1 unspecified atom stereocenters. The third kappa shape index (κ3) is 4.23. The number of hydrogen-bond acceptors (Lipinski definition) is 4. The fourth-order valence-electron chi connectivity index (χ4n) is 1.72. The van der Waals surface area contributed by atoms with Crippen molar-refractivity contribution in [3.63, 3.8) is 0 Å². The van der Waals surface area contributed by atoms with Gasteiger partial charge >= 0.3 is 0 Å². The molecule has 0 aliphatic heterocycles. The highest BCUT2D eigenvalue weighted by molar-refractivity contribution is 9.11. The molecule has 2 aromatic rings. The standard InChI is InChI=1S/C15H18BrNO2S/c1-2-9-18-11-3-5-12(6-4-11)19-13(10-17)14-7-8-15(16)20-14/h3-8,13H,2,9-10,17H2,1H3. The molecule has 1 aromatic carbocycles. The van der Waals surface area contributed by atoms with Crippen molar-refractivity contribution in [3.8, 4) is 11.5 Å². The summed E-state index contributed by atoms with van der Waals surface area (Å²) in [6.07, 6.45) is 0.884. The Bertz CT molecular complexity index is 527. The SMILES string of the molecule is CCCOc1ccc(OC(CN)c2ccc(Br)s2)cc1. The third-order valence-electron chi connectivity index (χ3n) is 2.70. The predicted octanol–water partition coefficient (Wildman–Crippen LogP) is 4.38. The fraction of sp³-hybridized carbons (Fsp3) is 0.333. The van der Waals surface area contributed by atoms with Crippen molar-refractivity contribution in [2.24, 2.45) is 5.73 Å². The maximum atomic E-state index is 5.93. The molecule has 1 aromatic heterocycles. The maximum Gasteiger partial charge on any atom is 0.145 e. The van der Waals surface area contributed by atoms with E-state index in [9.17, 15) is 0 Å². The molecule has 0 fully saturated rings. The van der Waals surface area contributed by atoms with Crippen molar-refractivity contribution in [3.05, 3.63) is 45.1 Å². The quantitative estimate of drug-likeness (QED) is 0.801. The molecule has 3 nitrogen and oxygen atoms in total. The van der Waals surface area contributed by atoms with Gasteiger partial charge in [-0.3, -0.25) is 0 Å². The van der Waals surface area contributed by atoms with Crippen LogP contribution in [0.15, 0.2) is 40.2 Å². The number of benzene rings is 1. The minimum absolute atomic E-state index is 0.117. The Balaban J connectivity index is 2.00. The van der Waals surface area contributed by atoms with Crippen LogP contribution in [0, 0.1) is 0 Å². The molecule has 0 bridgehead atoms. The first kappa shape index (κ1) is 15.4. The predicted molar refractivity (Wildman–Crippen MR) is 86.7 cm³/mol. The first-order chi connectivity index (χ1) is 9.72. The van der Waals surface area contributed by atoms with Crippen LogP contribution < -0.4 is 15.2 Å². The molecule has 2 rings (SSSR count). The normalized spacial score (nSPS) is 12.2. The molecule has 0 aliphatic rings. The number of hydrogen-bond donors (Lipinski definition) is 1. The molecule has 0 saturated heterocycles. The first-order valence-corrected chi connectivity index (χ1v) is 8.18. The lowest BCUT2D eigenvalue weighted by atomic mass is 10.2. The van der Waals surface area contributed by atoms with E-state index in [1.54, 1.807) is 11.3 Å². The largest absolute Gasteiger partial charge is 0.494 e. The summed E-state index contributed by atoms with van der Waals surface area (Å²) in [5.41, 5.74) is 5.80. The van der Waals surface area contributed by atoms with Gasteiger partial charge in [0.05, 0.1) is 10.4 Å². The van der Waals surface area contributed by atoms with Crippen LogP contribution in [0.4, 0.5) is 0 Å². The van der Waals surface area contributed by atoms with Gasteiger partial charge in [-0.25, -0.2) is 0 Å². The van der Waals surface area contributed by atoms with Crippen molar-refractivity contribution in [2.75, 3.05) is 13.2 Å². The van der Waals surface area contributed by atoms with Crippen LogP contribution in [0.1, 0.15) is 24.3 Å². The van der Waals surface area contributed by atoms with Crippen molar-refractivity contribution < 1.29 is 9.47 Å². The second-order valence-electron chi connectivity index (χ2n) is 4.30. The molecule has 5 heteroatoms. The number of halogens is 1. The Morgan fingerprint density at radius 2 is 1.85 bits per heavy atom. The highest BCUT2D eigenvalue weighted by Crippen LogP contribution is 2.30. The molecule has 1 heterocycles. The van der Waals surface area contributed by atoms with E-state index >= 15 is 0 Å². The topological polar surface area (TPSA) is 44.5 Å². The zero-order valence-corrected chi connectivity index (χ0v) is 13.7. The Hall–Kier alpha value is -1.04. The van der Waals surface area contributed by atoms with Gasteiger partial charge in [0, 0.05) is 11.4 Å². The Labute approximate surface area is 131 Å². The van der Waals surface area contributed by atoms with Crippen molar-refractivity contribution in [2.45, 2.75) is 19.4 Å². The molecule has 108 valence electrons. The van der Waals surface area contributed by atoms with Crippen molar-refractivity contribution in [1.82, 2.24) is 0 Å². The Morgan fingerprint density at radius 3 is 2.40 bits per heavy atom. The second-order valence-corrected chi connectivity index (χ2v) is 6.80. The third-order valence-corrected chi connectivity index (χ3v) is 4.42. The van der Waals surface area contributed by atoms with Crippen LogP contribution in [0.25, 0.3) is 0 Å². The zero-order valence-electron chi connectivity index (χ0n) is 11.3. The number of rotatable bonds is 7. The molecular formula is C15H18BrNO2S. The van der Waals surface area contributed by atoms with E-state index in [0.717, 1.165) is 33.2 Å². The van der Waals surface area contributed by atoms with Crippen LogP contribution in [-0.2, 0) is 0 Å². The van der Waals surface area contributed by atoms with Crippen molar-refractivity contribution >= 4 is 27.3 Å². The lowest BCUT2D eigenvalue weighted by Gasteiger charge is -2.16. The van der Waals surface area contributed by atoms with E-state index in [-0.39, 0.29) is 6.10 Å². The van der Waals surface area contributed by atoms with E-state index in [2.05, 4.69) is 22.9 Å². The van der Waals surface area contributed by atoms with Gasteiger partial charge in [-0.1, -0.05) is 6.92 Å². The summed E-state index contributed by atoms with van der Waals surface area (Å²) in [6, 6.07) is 11.7. The van der Waals surface area contributed by atoms with E-state index in [1.165, 1.54) is 0 Å². The summed E-state index contributed by atoms with van der Waals surface area (Å²) < 4.78 is 12.6. The minimum Gasteiger partial charge on any atom is -0.494 e. The summed E-state index contributed by atoms with van der Waals surface area (Å²) in [5, 5.41) is 0. The van der Waals surface area contributed by atoms with Gasteiger partial charge in [-0.15, -0.1) is 11.3 Å². The van der Waals surface area contributed by atoms with Crippen LogP contribution in [0.3, 0.4) is 0 Å². The van der Waals surface area contributed by atoms with Gasteiger partial charge in [0.2, 0.25) is 0 Å². The summed E-state index contributed by atoms with van der Waals surface area (Å²) in [5.74, 6) is 1.66. The molecule has 20 heavy (non-hydrogen) atoms. The average Bonchev–Trinajstić information content (AvgIpc) is 2.90. The van der Waals surface area contributed by atoms with E-state index < -0.39 is 0 Å². The highest BCUT2D eigenvalue weighted by Gasteiger charge is 2.13. The molecular weight excluding hydrogens is 338 g/mol. The van der Waals surface area contributed by atoms with Crippen LogP contribution in [0.5, 0.6) is 11.5 Å². The number of nitrogens with two attached hydrogens (primary N) is 1. The minimum atomic E-state index is -0.117. The van der Waals surface area contributed by atoms with Gasteiger partial charge in [-0.05, 0) is 58.7 Å². The maximum absolute atomic E-state index is 5.93. The molecule has 0 radical (unpaired) electrons. The Kier molecular flexibility index (Phi) is 5.88. The molecule has 1 atom stereocenters. The molecule has 0 saturated carbocycles. The van der Waals surface area contributed by atoms with Crippen LogP contribution in [0.2, 0.25) is 0 Å². The lowest BCUT2D eigenvalue weighted by molar-refractivity contribution is 0.217. The molecule has 0 spiro atoms. The smallest absolute Gasteiger partial charge is 0.145 e. The number of ether oxygens (including phenoxy) is 2. The van der Waals surface area contributed by atoms with E-state index in [4.69, 9.17) is 15.2 Å². The van der Waals surface area contributed by atoms with Gasteiger partial charge in [0.1, 0.15) is 17.6 Å². The summed E-state index contributed by atoms with van der Waals surface area (Å²) in [6.45, 7) is 3.26.